The Morgan fingerprint density at radius 2 is 2.08 bits per heavy atom. The molecule has 0 spiro atoms. The normalized spacial score (nSPS) is 10.8. The van der Waals surface area contributed by atoms with Crippen molar-refractivity contribution in [2.75, 3.05) is 18.5 Å². The van der Waals surface area contributed by atoms with Crippen molar-refractivity contribution in [1.29, 1.82) is 5.26 Å². The van der Waals surface area contributed by atoms with E-state index in [2.05, 4.69) is 20.6 Å². The number of hydrogen-bond donors (Lipinski definition) is 0. The highest BCUT2D eigenvalue weighted by atomic mass is 19.1. The van der Waals surface area contributed by atoms with Crippen LogP contribution in [0.15, 0.2) is 30.7 Å². The molecule has 128 valence electrons. The Balaban J connectivity index is 1.90. The Kier molecular flexibility index (Phi) is 4.66. The number of fused-ring (bicyclic) bond motifs is 1. The van der Waals surface area contributed by atoms with Gasteiger partial charge in [-0.25, -0.2) is 9.37 Å². The summed E-state index contributed by atoms with van der Waals surface area (Å²) in [6, 6.07) is 5.10. The molecule has 25 heavy (non-hydrogen) atoms. The van der Waals surface area contributed by atoms with Crippen LogP contribution in [0.4, 0.5) is 10.1 Å². The number of anilines is 1. The van der Waals surface area contributed by atoms with Gasteiger partial charge in [0.2, 0.25) is 0 Å². The van der Waals surface area contributed by atoms with Gasteiger partial charge < -0.3 is 9.47 Å². The summed E-state index contributed by atoms with van der Waals surface area (Å²) in [5.74, 6) is 0.665. The molecule has 6 heteroatoms. The molecule has 2 aromatic heterocycles. The van der Waals surface area contributed by atoms with E-state index in [1.54, 1.807) is 12.4 Å². The molecule has 0 unspecified atom stereocenters. The Morgan fingerprint density at radius 3 is 2.76 bits per heavy atom. The fraction of sp³-hybridized carbons (Fsp3) is 0.316. The van der Waals surface area contributed by atoms with E-state index in [-0.39, 0.29) is 5.82 Å². The van der Waals surface area contributed by atoms with Crippen molar-refractivity contribution in [3.63, 3.8) is 0 Å². The molecule has 0 saturated carbocycles. The van der Waals surface area contributed by atoms with E-state index in [4.69, 9.17) is 0 Å². The topological polar surface area (TPSA) is 57.7 Å². The number of nitriles is 1. The highest BCUT2D eigenvalue weighted by molar-refractivity contribution is 5.96. The van der Waals surface area contributed by atoms with E-state index in [0.29, 0.717) is 10.9 Å². The molecule has 0 radical (unpaired) electrons. The minimum Gasteiger partial charge on any atom is -0.373 e. The summed E-state index contributed by atoms with van der Waals surface area (Å²) in [4.78, 5) is 10.6. The molecule has 0 atom stereocenters. The Morgan fingerprint density at radius 1 is 1.28 bits per heavy atom. The summed E-state index contributed by atoms with van der Waals surface area (Å²) in [7, 11) is 1.93. The van der Waals surface area contributed by atoms with Gasteiger partial charge >= 0.3 is 0 Å². The maximum atomic E-state index is 13.9. The van der Waals surface area contributed by atoms with Gasteiger partial charge in [-0.15, -0.1) is 0 Å². The fourth-order valence-electron chi connectivity index (χ4n) is 3.15. The highest BCUT2D eigenvalue weighted by Crippen LogP contribution is 2.31. The van der Waals surface area contributed by atoms with Crippen LogP contribution < -0.4 is 4.90 Å². The lowest BCUT2D eigenvalue weighted by molar-refractivity contribution is 0.622. The number of halogens is 1. The monoisotopic (exact) mass is 337 g/mol. The molecule has 5 nitrogen and oxygen atoms in total. The van der Waals surface area contributed by atoms with Gasteiger partial charge in [0.05, 0.1) is 16.8 Å². The van der Waals surface area contributed by atoms with Crippen LogP contribution in [0.3, 0.4) is 0 Å². The second-order valence-electron chi connectivity index (χ2n) is 6.19. The second-order valence-corrected chi connectivity index (χ2v) is 6.19. The Labute approximate surface area is 146 Å². The van der Waals surface area contributed by atoms with Crippen LogP contribution >= 0.6 is 0 Å². The number of pyridine rings is 1. The summed E-state index contributed by atoms with van der Waals surface area (Å²) >= 11 is 0. The van der Waals surface area contributed by atoms with Crippen molar-refractivity contribution in [3.05, 3.63) is 53.5 Å². The molecular weight excluding hydrogens is 317 g/mol. The van der Waals surface area contributed by atoms with Crippen LogP contribution in [0.5, 0.6) is 0 Å². The molecule has 0 aliphatic carbocycles. The Hall–Kier alpha value is -2.94. The van der Waals surface area contributed by atoms with E-state index in [1.165, 1.54) is 12.1 Å². The first-order valence-corrected chi connectivity index (χ1v) is 8.19. The number of imidazole rings is 1. The summed E-state index contributed by atoms with van der Waals surface area (Å²) in [5, 5.41) is 10.1. The molecule has 3 aromatic rings. The molecule has 0 fully saturated rings. The average Bonchev–Trinajstić information content (AvgIpc) is 2.98. The van der Waals surface area contributed by atoms with Crippen LogP contribution in [0.25, 0.3) is 10.9 Å². The minimum atomic E-state index is -0.314. The Bertz CT molecular complexity index is 954. The van der Waals surface area contributed by atoms with Gasteiger partial charge in [-0.2, -0.15) is 5.26 Å². The zero-order valence-electron chi connectivity index (χ0n) is 14.6. The second kappa shape index (κ2) is 6.89. The number of benzene rings is 1. The van der Waals surface area contributed by atoms with Crippen LogP contribution in [-0.2, 0) is 6.54 Å². The third kappa shape index (κ3) is 3.31. The zero-order valence-corrected chi connectivity index (χ0v) is 14.6. The van der Waals surface area contributed by atoms with Gasteiger partial charge in [0.1, 0.15) is 17.7 Å². The van der Waals surface area contributed by atoms with Crippen molar-refractivity contribution in [2.45, 2.75) is 26.8 Å². The number of nitrogens with zero attached hydrogens (tertiary/aromatic N) is 5. The smallest absolute Gasteiger partial charge is 0.124 e. The summed E-state index contributed by atoms with van der Waals surface area (Å²) in [5.41, 5.74) is 2.69. The molecule has 0 aliphatic heterocycles. The van der Waals surface area contributed by atoms with Gasteiger partial charge in [-0.3, -0.25) is 4.98 Å². The first-order valence-electron chi connectivity index (χ1n) is 8.19. The maximum Gasteiger partial charge on any atom is 0.124 e. The van der Waals surface area contributed by atoms with E-state index in [1.807, 2.05) is 32.0 Å². The molecule has 0 amide bonds. The van der Waals surface area contributed by atoms with E-state index < -0.39 is 0 Å². The van der Waals surface area contributed by atoms with Crippen LogP contribution in [0, 0.1) is 31.0 Å². The van der Waals surface area contributed by atoms with Gasteiger partial charge in [-0.1, -0.05) is 0 Å². The molecular formula is C19H20FN5. The molecule has 0 bridgehead atoms. The van der Waals surface area contributed by atoms with E-state index in [9.17, 15) is 9.65 Å². The van der Waals surface area contributed by atoms with Gasteiger partial charge in [0.25, 0.3) is 0 Å². The van der Waals surface area contributed by atoms with Crippen molar-refractivity contribution in [2.24, 2.45) is 0 Å². The third-order valence-electron chi connectivity index (χ3n) is 4.42. The highest BCUT2D eigenvalue weighted by Gasteiger charge is 2.15. The lowest BCUT2D eigenvalue weighted by Gasteiger charge is -2.23. The van der Waals surface area contributed by atoms with Gasteiger partial charge in [0, 0.05) is 44.1 Å². The molecule has 0 N–H and O–H groups in total. The first-order chi connectivity index (χ1) is 12.0. The summed E-state index contributed by atoms with van der Waals surface area (Å²) < 4.78 is 16.0. The average molecular weight is 337 g/mol. The molecule has 0 aliphatic rings. The first kappa shape index (κ1) is 16.9. The fourth-order valence-corrected chi connectivity index (χ4v) is 3.15. The third-order valence-corrected chi connectivity index (χ3v) is 4.42. The van der Waals surface area contributed by atoms with Crippen molar-refractivity contribution in [1.82, 2.24) is 14.5 Å². The van der Waals surface area contributed by atoms with Crippen molar-refractivity contribution < 1.29 is 4.39 Å². The minimum absolute atomic E-state index is 0.314. The van der Waals surface area contributed by atoms with E-state index >= 15 is 0 Å². The predicted octanol–water partition coefficient (Wildman–Crippen LogP) is 3.59. The number of hydrogen-bond acceptors (Lipinski definition) is 4. The molecule has 3 rings (SSSR count). The summed E-state index contributed by atoms with van der Waals surface area (Å²) in [6.45, 7) is 5.38. The lowest BCUT2D eigenvalue weighted by Crippen LogP contribution is -2.21. The lowest BCUT2D eigenvalue weighted by atomic mass is 10.1. The summed E-state index contributed by atoms with van der Waals surface area (Å²) in [6.07, 6.45) is 6.20. The van der Waals surface area contributed by atoms with Crippen LogP contribution in [0.1, 0.15) is 23.4 Å². The van der Waals surface area contributed by atoms with Crippen LogP contribution in [0.2, 0.25) is 0 Å². The number of rotatable bonds is 5. The van der Waals surface area contributed by atoms with Crippen molar-refractivity contribution >= 4 is 16.6 Å². The van der Waals surface area contributed by atoms with Crippen molar-refractivity contribution in [3.8, 4) is 6.07 Å². The van der Waals surface area contributed by atoms with E-state index in [0.717, 1.165) is 42.1 Å². The largest absolute Gasteiger partial charge is 0.373 e. The van der Waals surface area contributed by atoms with Crippen LogP contribution in [-0.4, -0.2) is 28.1 Å². The zero-order chi connectivity index (χ0) is 18.0. The van der Waals surface area contributed by atoms with Gasteiger partial charge in [0.15, 0.2) is 0 Å². The quantitative estimate of drug-likeness (QED) is 0.714. The SMILES string of the molecule is Cc1cc(F)cc2c(N(C)CCCn3ccnc3C)c(C#N)cnc12. The van der Waals surface area contributed by atoms with Gasteiger partial charge in [-0.05, 0) is 38.0 Å². The predicted molar refractivity (Wildman–Crippen MR) is 96.0 cm³/mol. The molecule has 2 heterocycles. The number of aryl methyl sites for hydroxylation is 3. The maximum absolute atomic E-state index is 13.9. The molecule has 0 saturated heterocycles. The standard InChI is InChI=1S/C19H20FN5/c1-13-9-16(20)10-17-18(13)23-12-15(11-21)19(17)24(3)6-4-7-25-8-5-22-14(25)2/h5,8-10,12H,4,6-7H2,1-3H3. The molecule has 1 aromatic carbocycles. The number of aromatic nitrogens is 3.